The van der Waals surface area contributed by atoms with Gasteiger partial charge in [0.2, 0.25) is 0 Å². The van der Waals surface area contributed by atoms with Crippen molar-refractivity contribution < 1.29 is 0 Å². The van der Waals surface area contributed by atoms with Crippen LogP contribution in [0.2, 0.25) is 0 Å². The molecule has 0 bridgehead atoms. The van der Waals surface area contributed by atoms with E-state index in [2.05, 4.69) is 43.3 Å². The van der Waals surface area contributed by atoms with Crippen LogP contribution >= 0.6 is 11.3 Å². The molecule has 0 saturated carbocycles. The lowest BCUT2D eigenvalue weighted by molar-refractivity contribution is 0.305. The Morgan fingerprint density at radius 2 is 2.28 bits per heavy atom. The van der Waals surface area contributed by atoms with Gasteiger partial charge in [-0.3, -0.25) is 0 Å². The number of nitrogens with one attached hydrogen (secondary N) is 2. The molecule has 1 aromatic heterocycles. The lowest BCUT2D eigenvalue weighted by Gasteiger charge is -2.29. The van der Waals surface area contributed by atoms with Crippen molar-refractivity contribution >= 4 is 11.3 Å². The quantitative estimate of drug-likeness (QED) is 0.881. The van der Waals surface area contributed by atoms with Crippen LogP contribution in [0.25, 0.3) is 0 Å². The summed E-state index contributed by atoms with van der Waals surface area (Å²) in [5.41, 5.74) is 1.18. The van der Waals surface area contributed by atoms with E-state index in [0.29, 0.717) is 12.1 Å². The van der Waals surface area contributed by atoms with Crippen LogP contribution in [0.5, 0.6) is 0 Å². The summed E-state index contributed by atoms with van der Waals surface area (Å²) in [5, 5.41) is 8.42. The molecule has 2 N–H and O–H groups in total. The molecule has 0 amide bonds. The normalized spacial score (nSPS) is 26.2. The van der Waals surface area contributed by atoms with Crippen LogP contribution in [0.15, 0.2) is 0 Å². The number of thiazole rings is 1. The van der Waals surface area contributed by atoms with Gasteiger partial charge in [-0.25, -0.2) is 4.98 Å². The summed E-state index contributed by atoms with van der Waals surface area (Å²) < 4.78 is 0. The van der Waals surface area contributed by atoms with Gasteiger partial charge in [0.05, 0.1) is 10.7 Å². The minimum Gasteiger partial charge on any atom is -0.313 e. The molecule has 102 valence electrons. The maximum absolute atomic E-state index is 4.50. The van der Waals surface area contributed by atoms with Gasteiger partial charge in [0.25, 0.3) is 0 Å². The van der Waals surface area contributed by atoms with Crippen molar-refractivity contribution in [3.05, 3.63) is 15.6 Å². The number of hydrogen-bond acceptors (Lipinski definition) is 4. The molecule has 18 heavy (non-hydrogen) atoms. The van der Waals surface area contributed by atoms with Crippen molar-refractivity contribution in [1.29, 1.82) is 0 Å². The molecule has 2 rings (SSSR count). The number of nitrogens with zero attached hydrogens (tertiary/aromatic N) is 1. The van der Waals surface area contributed by atoms with Crippen LogP contribution in [-0.4, -0.2) is 24.1 Å². The van der Waals surface area contributed by atoms with Crippen molar-refractivity contribution in [1.82, 2.24) is 15.6 Å². The average molecular weight is 267 g/mol. The van der Waals surface area contributed by atoms with Crippen molar-refractivity contribution in [2.24, 2.45) is 5.92 Å². The van der Waals surface area contributed by atoms with Gasteiger partial charge in [-0.2, -0.15) is 0 Å². The van der Waals surface area contributed by atoms with Crippen LogP contribution in [-0.2, 0) is 0 Å². The molecule has 0 aliphatic carbocycles. The maximum Gasteiger partial charge on any atom is 0.0900 e. The Morgan fingerprint density at radius 3 is 2.89 bits per heavy atom. The molecule has 3 unspecified atom stereocenters. The molecule has 1 aliphatic heterocycles. The molecule has 0 spiro atoms. The van der Waals surface area contributed by atoms with Gasteiger partial charge in [0.1, 0.15) is 0 Å². The Balaban J connectivity index is 1.84. The predicted molar refractivity (Wildman–Crippen MR) is 78.2 cm³/mol. The molecule has 3 nitrogen and oxygen atoms in total. The van der Waals surface area contributed by atoms with Gasteiger partial charge in [-0.05, 0) is 46.1 Å². The Kier molecular flexibility index (Phi) is 4.76. The first kappa shape index (κ1) is 14.0. The first-order valence-electron chi connectivity index (χ1n) is 6.97. The second-order valence-corrected chi connectivity index (χ2v) is 6.83. The molecule has 1 aliphatic rings. The van der Waals surface area contributed by atoms with E-state index in [1.807, 2.05) is 11.3 Å². The van der Waals surface area contributed by atoms with Crippen molar-refractivity contribution in [2.75, 3.05) is 13.1 Å². The van der Waals surface area contributed by atoms with E-state index in [9.17, 15) is 0 Å². The third-order valence-electron chi connectivity index (χ3n) is 3.76. The fourth-order valence-electron chi connectivity index (χ4n) is 2.74. The van der Waals surface area contributed by atoms with Gasteiger partial charge < -0.3 is 10.6 Å². The summed E-state index contributed by atoms with van der Waals surface area (Å²) in [7, 11) is 0. The molecule has 3 atom stereocenters. The molecule has 1 saturated heterocycles. The lowest BCUT2D eigenvalue weighted by Crippen LogP contribution is -2.44. The number of aromatic nitrogens is 1. The molecule has 2 heterocycles. The molecule has 0 aromatic carbocycles. The second kappa shape index (κ2) is 6.13. The van der Waals surface area contributed by atoms with Crippen LogP contribution < -0.4 is 10.6 Å². The molecular weight excluding hydrogens is 242 g/mol. The molecule has 0 radical (unpaired) electrons. The summed E-state index contributed by atoms with van der Waals surface area (Å²) >= 11 is 1.82. The van der Waals surface area contributed by atoms with Gasteiger partial charge in [-0.15, -0.1) is 11.3 Å². The first-order valence-corrected chi connectivity index (χ1v) is 7.78. The number of aryl methyl sites for hydroxylation is 2. The summed E-state index contributed by atoms with van der Waals surface area (Å²) in [4.78, 5) is 5.89. The average Bonchev–Trinajstić information content (AvgIpc) is 2.66. The molecule has 1 fully saturated rings. The van der Waals surface area contributed by atoms with Crippen molar-refractivity contribution in [3.63, 3.8) is 0 Å². The van der Waals surface area contributed by atoms with E-state index < -0.39 is 0 Å². The monoisotopic (exact) mass is 267 g/mol. The SMILES string of the molecule is Cc1nc(C)c(C(C)NCC2CC(C)CCN2)s1. The lowest BCUT2D eigenvalue weighted by atomic mass is 9.94. The van der Waals surface area contributed by atoms with Gasteiger partial charge in [0, 0.05) is 23.5 Å². The van der Waals surface area contributed by atoms with Crippen molar-refractivity contribution in [2.45, 2.75) is 52.6 Å². The smallest absolute Gasteiger partial charge is 0.0900 e. The van der Waals surface area contributed by atoms with E-state index in [4.69, 9.17) is 0 Å². The third-order valence-corrected chi connectivity index (χ3v) is 5.02. The van der Waals surface area contributed by atoms with Gasteiger partial charge in [-0.1, -0.05) is 6.92 Å². The number of piperidine rings is 1. The first-order chi connectivity index (χ1) is 8.56. The standard InChI is InChI=1S/C14H25N3S/c1-9-5-6-15-13(7-9)8-16-10(2)14-11(3)17-12(4)18-14/h9-10,13,15-16H,5-8H2,1-4H3. The van der Waals surface area contributed by atoms with Crippen LogP contribution in [0.4, 0.5) is 0 Å². The highest BCUT2D eigenvalue weighted by Gasteiger charge is 2.19. The zero-order chi connectivity index (χ0) is 13.1. The topological polar surface area (TPSA) is 37.0 Å². The van der Waals surface area contributed by atoms with E-state index in [0.717, 1.165) is 12.5 Å². The Labute approximate surface area is 114 Å². The van der Waals surface area contributed by atoms with Gasteiger partial charge in [0.15, 0.2) is 0 Å². The molecule has 4 heteroatoms. The zero-order valence-corrected chi connectivity index (χ0v) is 12.7. The highest BCUT2D eigenvalue weighted by molar-refractivity contribution is 7.11. The molecule has 1 aromatic rings. The fourth-order valence-corrected chi connectivity index (χ4v) is 3.69. The number of hydrogen-bond donors (Lipinski definition) is 2. The summed E-state index contributed by atoms with van der Waals surface area (Å²) in [6.07, 6.45) is 2.61. The van der Waals surface area contributed by atoms with Crippen LogP contribution in [0.1, 0.15) is 48.3 Å². The van der Waals surface area contributed by atoms with E-state index in [-0.39, 0.29) is 0 Å². The van der Waals surface area contributed by atoms with E-state index >= 15 is 0 Å². The minimum absolute atomic E-state index is 0.412. The Bertz CT molecular complexity index is 388. The molecular formula is C14H25N3S. The second-order valence-electron chi connectivity index (χ2n) is 5.59. The van der Waals surface area contributed by atoms with Crippen LogP contribution in [0, 0.1) is 19.8 Å². The summed E-state index contributed by atoms with van der Waals surface area (Å²) in [5.74, 6) is 0.862. The summed E-state index contributed by atoms with van der Waals surface area (Å²) in [6.45, 7) is 11.0. The highest BCUT2D eigenvalue weighted by atomic mass is 32.1. The third kappa shape index (κ3) is 3.53. The summed E-state index contributed by atoms with van der Waals surface area (Å²) in [6, 6.07) is 1.04. The van der Waals surface area contributed by atoms with Crippen LogP contribution in [0.3, 0.4) is 0 Å². The Morgan fingerprint density at radius 1 is 1.50 bits per heavy atom. The van der Waals surface area contributed by atoms with Gasteiger partial charge >= 0.3 is 0 Å². The maximum atomic E-state index is 4.50. The predicted octanol–water partition coefficient (Wildman–Crippen LogP) is 2.80. The van der Waals surface area contributed by atoms with Crippen molar-refractivity contribution in [3.8, 4) is 0 Å². The van der Waals surface area contributed by atoms with E-state index in [1.54, 1.807) is 0 Å². The Hall–Kier alpha value is -0.450. The largest absolute Gasteiger partial charge is 0.313 e. The van der Waals surface area contributed by atoms with E-state index in [1.165, 1.54) is 35.0 Å². The highest BCUT2D eigenvalue weighted by Crippen LogP contribution is 2.24. The number of rotatable bonds is 4. The fraction of sp³-hybridized carbons (Fsp3) is 0.786. The zero-order valence-electron chi connectivity index (χ0n) is 11.9. The minimum atomic E-state index is 0.412.